The van der Waals surface area contributed by atoms with Gasteiger partial charge in [-0.1, -0.05) is 60.7 Å². The number of hydrogen-bond donors (Lipinski definition) is 2. The van der Waals surface area contributed by atoms with Crippen molar-refractivity contribution in [1.29, 1.82) is 0 Å². The highest BCUT2D eigenvalue weighted by Gasteiger charge is 2.05. The van der Waals surface area contributed by atoms with E-state index in [2.05, 4.69) is 102 Å². The van der Waals surface area contributed by atoms with E-state index in [0.717, 1.165) is 35.5 Å². The minimum atomic E-state index is 0.472. The van der Waals surface area contributed by atoms with Gasteiger partial charge >= 0.3 is 0 Å². The number of thiocarbonyl (C=S) groups is 1. The summed E-state index contributed by atoms with van der Waals surface area (Å²) in [7, 11) is 0. The molecule has 4 nitrogen and oxygen atoms in total. The zero-order valence-electron chi connectivity index (χ0n) is 17.7. The predicted molar refractivity (Wildman–Crippen MR) is 132 cm³/mol. The minimum Gasteiger partial charge on any atom is -0.367 e. The molecular weight excluding hydrogens is 388 g/mol. The molecule has 0 aromatic heterocycles. The third kappa shape index (κ3) is 5.91. The highest BCUT2D eigenvalue weighted by atomic mass is 32.1. The van der Waals surface area contributed by atoms with Gasteiger partial charge in [0.25, 0.3) is 0 Å². The van der Waals surface area contributed by atoms with Gasteiger partial charge in [0.05, 0.1) is 6.21 Å². The van der Waals surface area contributed by atoms with E-state index in [-0.39, 0.29) is 0 Å². The quantitative estimate of drug-likeness (QED) is 0.297. The number of nitrogens with one attached hydrogen (secondary N) is 2. The average Bonchev–Trinajstić information content (AvgIpc) is 2.76. The number of hydrogen-bond acceptors (Lipinski definition) is 3. The van der Waals surface area contributed by atoms with E-state index in [1.54, 1.807) is 6.21 Å². The fourth-order valence-electron chi connectivity index (χ4n) is 3.28. The molecular formula is C25H28N4S. The molecule has 0 saturated heterocycles. The smallest absolute Gasteiger partial charge is 0.191 e. The summed E-state index contributed by atoms with van der Waals surface area (Å²) in [5, 5.41) is 7.96. The fraction of sp³-hybridized carbons (Fsp3) is 0.200. The molecule has 30 heavy (non-hydrogen) atoms. The molecule has 0 spiro atoms. The maximum atomic E-state index is 5.36. The van der Waals surface area contributed by atoms with Gasteiger partial charge in [-0.15, -0.1) is 0 Å². The van der Waals surface area contributed by atoms with Crippen molar-refractivity contribution >= 4 is 34.9 Å². The van der Waals surface area contributed by atoms with Crippen LogP contribution < -0.4 is 15.6 Å². The maximum absolute atomic E-state index is 5.36. The monoisotopic (exact) mass is 416 g/mol. The number of rotatable bonds is 7. The van der Waals surface area contributed by atoms with E-state index >= 15 is 0 Å². The molecule has 0 bridgehead atoms. The van der Waals surface area contributed by atoms with Gasteiger partial charge < -0.3 is 10.2 Å². The first kappa shape index (κ1) is 21.5. The Bertz CT molecular complexity index is 977. The van der Waals surface area contributed by atoms with Crippen LogP contribution in [0.4, 0.5) is 11.4 Å². The summed E-state index contributed by atoms with van der Waals surface area (Å²) in [6.07, 6.45) is 1.77. The lowest BCUT2D eigenvalue weighted by Gasteiger charge is -2.23. The van der Waals surface area contributed by atoms with Crippen molar-refractivity contribution in [3.63, 3.8) is 0 Å². The van der Waals surface area contributed by atoms with Gasteiger partial charge in [0, 0.05) is 24.5 Å². The van der Waals surface area contributed by atoms with Gasteiger partial charge in [-0.3, -0.25) is 5.43 Å². The fourth-order valence-corrected chi connectivity index (χ4v) is 3.43. The van der Waals surface area contributed by atoms with Crippen LogP contribution in [0.15, 0.2) is 77.9 Å². The minimum absolute atomic E-state index is 0.472. The number of hydrazone groups is 1. The van der Waals surface area contributed by atoms with E-state index < -0.39 is 0 Å². The van der Waals surface area contributed by atoms with Crippen molar-refractivity contribution in [3.05, 3.63) is 95.1 Å². The lowest BCUT2D eigenvalue weighted by Crippen LogP contribution is -2.24. The van der Waals surface area contributed by atoms with Gasteiger partial charge in [-0.05, 0) is 67.4 Å². The highest BCUT2D eigenvalue weighted by molar-refractivity contribution is 7.80. The first-order valence-electron chi connectivity index (χ1n) is 10.1. The van der Waals surface area contributed by atoms with Crippen LogP contribution >= 0.6 is 12.2 Å². The predicted octanol–water partition coefficient (Wildman–Crippen LogP) is 5.65. The maximum Gasteiger partial charge on any atom is 0.191 e. The van der Waals surface area contributed by atoms with E-state index in [1.807, 2.05) is 12.1 Å². The summed E-state index contributed by atoms with van der Waals surface area (Å²) in [5.74, 6) is 0. The topological polar surface area (TPSA) is 39.7 Å². The first-order chi connectivity index (χ1) is 14.6. The van der Waals surface area contributed by atoms with Crippen LogP contribution in [-0.4, -0.2) is 17.9 Å². The third-order valence-electron chi connectivity index (χ3n) is 4.96. The molecule has 154 valence electrons. The zero-order chi connectivity index (χ0) is 21.3. The second-order valence-electron chi connectivity index (χ2n) is 7.18. The van der Waals surface area contributed by atoms with E-state index in [1.165, 1.54) is 11.3 Å². The Kier molecular flexibility index (Phi) is 7.57. The number of benzene rings is 3. The Balaban J connectivity index is 1.57. The van der Waals surface area contributed by atoms with Crippen LogP contribution in [0.1, 0.15) is 29.2 Å². The molecule has 3 rings (SSSR count). The van der Waals surface area contributed by atoms with Crippen LogP contribution in [0, 0.1) is 13.8 Å². The standard InChI is InChI=1S/C25H28N4S/c1-4-29(18-22-11-6-5-7-12-22)23-15-13-21(14-16-23)17-26-28-25(30)27-24-19(2)9-8-10-20(24)3/h5-17H,4,18H2,1-3H3,(H2,27,28,30). The molecule has 3 aromatic rings. The third-order valence-corrected chi connectivity index (χ3v) is 5.15. The van der Waals surface area contributed by atoms with Gasteiger partial charge in [0.15, 0.2) is 5.11 Å². The number of aryl methyl sites for hydroxylation is 2. The summed E-state index contributed by atoms with van der Waals surface area (Å²) in [5.41, 5.74) is 9.72. The van der Waals surface area contributed by atoms with Crippen molar-refractivity contribution in [3.8, 4) is 0 Å². The molecule has 0 aliphatic carbocycles. The molecule has 0 unspecified atom stereocenters. The molecule has 0 atom stereocenters. The molecule has 3 aromatic carbocycles. The van der Waals surface area contributed by atoms with Crippen molar-refractivity contribution in [2.75, 3.05) is 16.8 Å². The Morgan fingerprint density at radius 3 is 2.23 bits per heavy atom. The van der Waals surface area contributed by atoms with Crippen molar-refractivity contribution in [2.45, 2.75) is 27.3 Å². The molecule has 0 aliphatic heterocycles. The number of nitrogens with zero attached hydrogens (tertiary/aromatic N) is 2. The molecule has 0 amide bonds. The van der Waals surface area contributed by atoms with Crippen molar-refractivity contribution in [1.82, 2.24) is 5.43 Å². The zero-order valence-corrected chi connectivity index (χ0v) is 18.5. The number of para-hydroxylation sites is 1. The van der Waals surface area contributed by atoms with Crippen LogP contribution in [0.5, 0.6) is 0 Å². The summed E-state index contributed by atoms with van der Waals surface area (Å²) >= 11 is 5.36. The summed E-state index contributed by atoms with van der Waals surface area (Å²) in [4.78, 5) is 2.35. The van der Waals surface area contributed by atoms with Gasteiger partial charge in [0.2, 0.25) is 0 Å². The average molecular weight is 417 g/mol. The first-order valence-corrected chi connectivity index (χ1v) is 10.5. The molecule has 0 aliphatic rings. The SMILES string of the molecule is CCN(Cc1ccccc1)c1ccc(C=NNC(=S)Nc2c(C)cccc2C)cc1. The highest BCUT2D eigenvalue weighted by Crippen LogP contribution is 2.19. The lowest BCUT2D eigenvalue weighted by atomic mass is 10.1. The Morgan fingerprint density at radius 2 is 1.60 bits per heavy atom. The van der Waals surface area contributed by atoms with E-state index in [9.17, 15) is 0 Å². The van der Waals surface area contributed by atoms with Crippen LogP contribution in [-0.2, 0) is 6.54 Å². The molecule has 0 saturated carbocycles. The Morgan fingerprint density at radius 1 is 0.933 bits per heavy atom. The van der Waals surface area contributed by atoms with Crippen LogP contribution in [0.2, 0.25) is 0 Å². The van der Waals surface area contributed by atoms with Gasteiger partial charge in [-0.25, -0.2) is 0 Å². The van der Waals surface area contributed by atoms with Gasteiger partial charge in [0.1, 0.15) is 0 Å². The molecule has 5 heteroatoms. The van der Waals surface area contributed by atoms with E-state index in [0.29, 0.717) is 5.11 Å². The lowest BCUT2D eigenvalue weighted by molar-refractivity contribution is 0.832. The van der Waals surface area contributed by atoms with E-state index in [4.69, 9.17) is 12.2 Å². The summed E-state index contributed by atoms with van der Waals surface area (Å²) < 4.78 is 0. The van der Waals surface area contributed by atoms with Crippen LogP contribution in [0.25, 0.3) is 0 Å². The molecule has 0 fully saturated rings. The Labute approximate surface area is 184 Å². The van der Waals surface area contributed by atoms with Gasteiger partial charge in [-0.2, -0.15) is 5.10 Å². The molecule has 0 heterocycles. The normalized spacial score (nSPS) is 10.8. The Hall–Kier alpha value is -3.18. The van der Waals surface area contributed by atoms with Crippen molar-refractivity contribution in [2.24, 2.45) is 5.10 Å². The van der Waals surface area contributed by atoms with Crippen LogP contribution in [0.3, 0.4) is 0 Å². The summed E-state index contributed by atoms with van der Waals surface area (Å²) in [6, 6.07) is 25.0. The molecule has 0 radical (unpaired) electrons. The van der Waals surface area contributed by atoms with Crippen molar-refractivity contribution < 1.29 is 0 Å². The molecule has 2 N–H and O–H groups in total. The second-order valence-corrected chi connectivity index (χ2v) is 7.59. The summed E-state index contributed by atoms with van der Waals surface area (Å²) in [6.45, 7) is 8.12. The second kappa shape index (κ2) is 10.6. The number of anilines is 2. The largest absolute Gasteiger partial charge is 0.367 e.